The standard InChI is InChI=1S/C12H16FNO5S/c1-3-12(2,7-15)14-20(18,19)10-6-8(11(16)17)4-5-9(10)13/h4-6,14-15H,3,7H2,1-2H3,(H,16,17). The fraction of sp³-hybridized carbons (Fsp3) is 0.417. The third-order valence-electron chi connectivity index (χ3n) is 2.98. The Morgan fingerprint density at radius 2 is 2.05 bits per heavy atom. The number of aliphatic hydroxyl groups is 1. The molecule has 3 N–H and O–H groups in total. The monoisotopic (exact) mass is 305 g/mol. The van der Waals surface area contributed by atoms with Gasteiger partial charge in [-0.25, -0.2) is 22.3 Å². The molecule has 0 fully saturated rings. The van der Waals surface area contributed by atoms with Crippen LogP contribution in [0, 0.1) is 5.82 Å². The maximum Gasteiger partial charge on any atom is 0.335 e. The number of aliphatic hydroxyl groups excluding tert-OH is 1. The summed E-state index contributed by atoms with van der Waals surface area (Å²) < 4.78 is 40.0. The van der Waals surface area contributed by atoms with Crippen molar-refractivity contribution in [1.29, 1.82) is 0 Å². The zero-order valence-electron chi connectivity index (χ0n) is 11.1. The second-order valence-electron chi connectivity index (χ2n) is 4.63. The number of rotatable bonds is 6. The van der Waals surface area contributed by atoms with E-state index in [0.717, 1.165) is 18.2 Å². The lowest BCUT2D eigenvalue weighted by molar-refractivity contribution is 0.0696. The smallest absolute Gasteiger partial charge is 0.335 e. The number of carbonyl (C=O) groups is 1. The third-order valence-corrected chi connectivity index (χ3v) is 4.63. The van der Waals surface area contributed by atoms with Crippen molar-refractivity contribution in [2.24, 2.45) is 0 Å². The summed E-state index contributed by atoms with van der Waals surface area (Å²) in [6.45, 7) is 2.65. The van der Waals surface area contributed by atoms with Gasteiger partial charge in [0.2, 0.25) is 10.0 Å². The molecule has 8 heteroatoms. The number of hydrogen-bond donors (Lipinski definition) is 3. The number of nitrogens with one attached hydrogen (secondary N) is 1. The van der Waals surface area contributed by atoms with E-state index in [1.807, 2.05) is 0 Å². The van der Waals surface area contributed by atoms with Crippen LogP contribution in [-0.2, 0) is 10.0 Å². The Kier molecular flexibility index (Phi) is 4.85. The van der Waals surface area contributed by atoms with E-state index in [1.165, 1.54) is 6.92 Å². The van der Waals surface area contributed by atoms with Gasteiger partial charge in [0.15, 0.2) is 0 Å². The number of hydrogen-bond acceptors (Lipinski definition) is 4. The Hall–Kier alpha value is -1.51. The minimum absolute atomic E-state index is 0.281. The molecule has 0 amide bonds. The molecule has 20 heavy (non-hydrogen) atoms. The van der Waals surface area contributed by atoms with Gasteiger partial charge in [-0.05, 0) is 31.5 Å². The molecule has 0 spiro atoms. The van der Waals surface area contributed by atoms with Crippen molar-refractivity contribution in [3.8, 4) is 0 Å². The summed E-state index contributed by atoms with van der Waals surface area (Å²) in [4.78, 5) is 10.1. The molecule has 1 rings (SSSR count). The van der Waals surface area contributed by atoms with Crippen molar-refractivity contribution in [1.82, 2.24) is 4.72 Å². The Bertz CT molecular complexity index is 610. The van der Waals surface area contributed by atoms with Crippen molar-refractivity contribution in [2.75, 3.05) is 6.61 Å². The van der Waals surface area contributed by atoms with Gasteiger partial charge in [-0.15, -0.1) is 0 Å². The van der Waals surface area contributed by atoms with Crippen LogP contribution >= 0.6 is 0 Å². The summed E-state index contributed by atoms with van der Waals surface area (Å²) in [6.07, 6.45) is 0.281. The molecule has 0 saturated carbocycles. The molecule has 1 aromatic rings. The first-order valence-electron chi connectivity index (χ1n) is 5.83. The Balaban J connectivity index is 3.28. The zero-order chi connectivity index (χ0) is 15.6. The maximum atomic E-state index is 13.6. The largest absolute Gasteiger partial charge is 0.478 e. The first-order valence-corrected chi connectivity index (χ1v) is 7.31. The highest BCUT2D eigenvalue weighted by atomic mass is 32.2. The minimum Gasteiger partial charge on any atom is -0.478 e. The van der Waals surface area contributed by atoms with Crippen LogP contribution in [0.15, 0.2) is 23.1 Å². The van der Waals surface area contributed by atoms with E-state index < -0.39 is 38.9 Å². The molecule has 1 aromatic carbocycles. The lowest BCUT2D eigenvalue weighted by Gasteiger charge is -2.26. The van der Waals surface area contributed by atoms with E-state index in [1.54, 1.807) is 6.92 Å². The molecule has 1 atom stereocenters. The van der Waals surface area contributed by atoms with Crippen LogP contribution in [-0.4, -0.2) is 36.7 Å². The quantitative estimate of drug-likeness (QED) is 0.726. The van der Waals surface area contributed by atoms with Crippen molar-refractivity contribution >= 4 is 16.0 Å². The van der Waals surface area contributed by atoms with Gasteiger partial charge in [-0.2, -0.15) is 0 Å². The van der Waals surface area contributed by atoms with E-state index in [-0.39, 0.29) is 12.0 Å². The number of benzene rings is 1. The Morgan fingerprint density at radius 1 is 1.45 bits per heavy atom. The third kappa shape index (κ3) is 3.53. The first kappa shape index (κ1) is 16.5. The van der Waals surface area contributed by atoms with Crippen LogP contribution in [0.3, 0.4) is 0 Å². The summed E-state index contributed by atoms with van der Waals surface area (Å²) >= 11 is 0. The average molecular weight is 305 g/mol. The number of aromatic carboxylic acids is 1. The zero-order valence-corrected chi connectivity index (χ0v) is 11.9. The van der Waals surface area contributed by atoms with Gasteiger partial charge in [-0.1, -0.05) is 6.92 Å². The summed E-state index contributed by atoms with van der Waals surface area (Å²) in [7, 11) is -4.28. The molecule has 0 bridgehead atoms. The number of sulfonamides is 1. The average Bonchev–Trinajstić information content (AvgIpc) is 2.38. The molecule has 6 nitrogen and oxygen atoms in total. The number of carboxylic acids is 1. The predicted octanol–water partition coefficient (Wildman–Crippen LogP) is 0.963. The lowest BCUT2D eigenvalue weighted by atomic mass is 10.0. The lowest BCUT2D eigenvalue weighted by Crippen LogP contribution is -2.48. The minimum atomic E-state index is -4.28. The fourth-order valence-corrected chi connectivity index (χ4v) is 3.01. The van der Waals surface area contributed by atoms with Crippen LogP contribution in [0.5, 0.6) is 0 Å². The van der Waals surface area contributed by atoms with Gasteiger partial charge < -0.3 is 10.2 Å². The molecule has 0 aromatic heterocycles. The molecule has 112 valence electrons. The van der Waals surface area contributed by atoms with Crippen LogP contribution in [0.4, 0.5) is 4.39 Å². The van der Waals surface area contributed by atoms with E-state index in [9.17, 15) is 22.7 Å². The number of carboxylic acid groups (broad SMARTS) is 1. The van der Waals surface area contributed by atoms with Gasteiger partial charge in [-0.3, -0.25) is 0 Å². The van der Waals surface area contributed by atoms with Gasteiger partial charge in [0.25, 0.3) is 0 Å². The van der Waals surface area contributed by atoms with Crippen LogP contribution < -0.4 is 4.72 Å². The van der Waals surface area contributed by atoms with Gasteiger partial charge >= 0.3 is 5.97 Å². The topological polar surface area (TPSA) is 104 Å². The van der Waals surface area contributed by atoms with Crippen molar-refractivity contribution in [3.05, 3.63) is 29.6 Å². The first-order chi connectivity index (χ1) is 9.15. The van der Waals surface area contributed by atoms with Crippen LogP contribution in [0.1, 0.15) is 30.6 Å². The van der Waals surface area contributed by atoms with Crippen LogP contribution in [0.25, 0.3) is 0 Å². The molecule has 1 unspecified atom stereocenters. The predicted molar refractivity (Wildman–Crippen MR) is 69.5 cm³/mol. The van der Waals surface area contributed by atoms with E-state index in [0.29, 0.717) is 0 Å². The number of halogens is 1. The molecule has 0 aliphatic rings. The normalized spacial score (nSPS) is 14.8. The summed E-state index contributed by atoms with van der Waals surface area (Å²) in [5, 5.41) is 18.0. The Labute approximate surface area is 116 Å². The summed E-state index contributed by atoms with van der Waals surface area (Å²) in [6, 6.07) is 2.50. The van der Waals surface area contributed by atoms with E-state index in [4.69, 9.17) is 5.11 Å². The van der Waals surface area contributed by atoms with Crippen molar-refractivity contribution in [3.63, 3.8) is 0 Å². The molecule has 0 aliphatic heterocycles. The molecule has 0 aliphatic carbocycles. The fourth-order valence-electron chi connectivity index (χ4n) is 1.44. The van der Waals surface area contributed by atoms with E-state index in [2.05, 4.69) is 4.72 Å². The molecule has 0 radical (unpaired) electrons. The summed E-state index contributed by atoms with van der Waals surface area (Å²) in [5.41, 5.74) is -1.49. The molecule has 0 saturated heterocycles. The van der Waals surface area contributed by atoms with Crippen molar-refractivity contribution < 1.29 is 27.8 Å². The van der Waals surface area contributed by atoms with Crippen LogP contribution in [0.2, 0.25) is 0 Å². The second-order valence-corrected chi connectivity index (χ2v) is 6.28. The Morgan fingerprint density at radius 3 is 2.50 bits per heavy atom. The summed E-state index contributed by atoms with van der Waals surface area (Å²) in [5.74, 6) is -2.42. The second kappa shape index (κ2) is 5.86. The maximum absolute atomic E-state index is 13.6. The van der Waals surface area contributed by atoms with Gasteiger partial charge in [0, 0.05) is 0 Å². The highest BCUT2D eigenvalue weighted by molar-refractivity contribution is 7.89. The van der Waals surface area contributed by atoms with Gasteiger partial charge in [0.1, 0.15) is 10.7 Å². The molecule has 0 heterocycles. The highest BCUT2D eigenvalue weighted by Crippen LogP contribution is 2.20. The molecular weight excluding hydrogens is 289 g/mol. The van der Waals surface area contributed by atoms with E-state index >= 15 is 0 Å². The molecular formula is C12H16FNO5S. The SMILES string of the molecule is CCC(C)(CO)NS(=O)(=O)c1cc(C(=O)O)ccc1F. The van der Waals surface area contributed by atoms with Crippen molar-refractivity contribution in [2.45, 2.75) is 30.7 Å². The van der Waals surface area contributed by atoms with Gasteiger partial charge in [0.05, 0.1) is 17.7 Å². The highest BCUT2D eigenvalue weighted by Gasteiger charge is 2.30.